The van der Waals surface area contributed by atoms with Crippen molar-refractivity contribution in [3.05, 3.63) is 47.2 Å². The summed E-state index contributed by atoms with van der Waals surface area (Å²) in [5.41, 5.74) is 4.16. The first-order chi connectivity index (χ1) is 8.34. The molecule has 1 aromatic carbocycles. The fraction of sp³-hybridized carbons (Fsp3) is 0.357. The Kier molecular flexibility index (Phi) is 2.85. The number of benzene rings is 1. The van der Waals surface area contributed by atoms with Crippen molar-refractivity contribution in [3.63, 3.8) is 0 Å². The molecule has 1 aromatic rings. The molecule has 2 nitrogen and oxygen atoms in total. The summed E-state index contributed by atoms with van der Waals surface area (Å²) in [7, 11) is 0. The van der Waals surface area contributed by atoms with Crippen molar-refractivity contribution in [2.24, 2.45) is 0 Å². The quantitative estimate of drug-likeness (QED) is 0.743. The SMILES string of the molecule is S=C1NC2=C(CCCC2)C(c2ccccc2)N1. The summed E-state index contributed by atoms with van der Waals surface area (Å²) < 4.78 is 0. The van der Waals surface area contributed by atoms with Crippen molar-refractivity contribution in [3.8, 4) is 0 Å². The zero-order valence-corrected chi connectivity index (χ0v) is 10.5. The third-order valence-electron chi connectivity index (χ3n) is 3.53. The molecule has 0 saturated heterocycles. The van der Waals surface area contributed by atoms with Gasteiger partial charge in [-0.25, -0.2) is 0 Å². The van der Waals surface area contributed by atoms with Gasteiger partial charge in [0.25, 0.3) is 0 Å². The van der Waals surface area contributed by atoms with E-state index in [1.807, 2.05) is 0 Å². The Morgan fingerprint density at radius 3 is 2.65 bits per heavy atom. The fourth-order valence-electron chi connectivity index (χ4n) is 2.71. The maximum atomic E-state index is 5.29. The molecule has 2 N–H and O–H groups in total. The molecular weight excluding hydrogens is 228 g/mol. The minimum Gasteiger partial charge on any atom is -0.352 e. The molecule has 88 valence electrons. The maximum Gasteiger partial charge on any atom is 0.171 e. The molecule has 1 aliphatic heterocycles. The molecule has 0 aromatic heterocycles. The van der Waals surface area contributed by atoms with E-state index >= 15 is 0 Å². The Balaban J connectivity index is 2.00. The first kappa shape index (κ1) is 10.8. The molecule has 17 heavy (non-hydrogen) atoms. The zero-order valence-electron chi connectivity index (χ0n) is 9.70. The molecule has 1 heterocycles. The van der Waals surface area contributed by atoms with E-state index in [4.69, 9.17) is 12.2 Å². The van der Waals surface area contributed by atoms with Crippen molar-refractivity contribution in [1.82, 2.24) is 10.6 Å². The highest BCUT2D eigenvalue weighted by Gasteiger charge is 2.27. The summed E-state index contributed by atoms with van der Waals surface area (Å²) in [6.07, 6.45) is 4.88. The van der Waals surface area contributed by atoms with E-state index < -0.39 is 0 Å². The topological polar surface area (TPSA) is 24.1 Å². The highest BCUT2D eigenvalue weighted by molar-refractivity contribution is 7.80. The summed E-state index contributed by atoms with van der Waals surface area (Å²) in [5.74, 6) is 0. The smallest absolute Gasteiger partial charge is 0.171 e. The number of thiocarbonyl (C=S) groups is 1. The molecule has 2 aliphatic rings. The average Bonchev–Trinajstić information content (AvgIpc) is 2.39. The number of allylic oxidation sites excluding steroid dienone is 1. The molecule has 0 radical (unpaired) electrons. The van der Waals surface area contributed by atoms with E-state index in [9.17, 15) is 0 Å². The lowest BCUT2D eigenvalue weighted by atomic mass is 9.86. The fourth-order valence-corrected chi connectivity index (χ4v) is 2.95. The van der Waals surface area contributed by atoms with E-state index in [1.54, 1.807) is 0 Å². The van der Waals surface area contributed by atoms with Gasteiger partial charge in [-0.2, -0.15) is 0 Å². The minimum atomic E-state index is 0.278. The number of hydrogen-bond donors (Lipinski definition) is 2. The molecular formula is C14H16N2S. The predicted molar refractivity (Wildman–Crippen MR) is 73.5 cm³/mol. The molecule has 1 aliphatic carbocycles. The van der Waals surface area contributed by atoms with Crippen LogP contribution in [-0.2, 0) is 0 Å². The van der Waals surface area contributed by atoms with Crippen molar-refractivity contribution >= 4 is 17.3 Å². The van der Waals surface area contributed by atoms with Gasteiger partial charge in [0.05, 0.1) is 6.04 Å². The molecule has 0 bridgehead atoms. The van der Waals surface area contributed by atoms with Crippen LogP contribution in [0.25, 0.3) is 0 Å². The molecule has 3 heteroatoms. The van der Waals surface area contributed by atoms with E-state index in [-0.39, 0.29) is 6.04 Å². The summed E-state index contributed by atoms with van der Waals surface area (Å²) in [6, 6.07) is 10.9. The van der Waals surface area contributed by atoms with Gasteiger partial charge >= 0.3 is 0 Å². The van der Waals surface area contributed by atoms with E-state index in [0.29, 0.717) is 0 Å². The summed E-state index contributed by atoms with van der Waals surface area (Å²) in [5, 5.41) is 7.48. The van der Waals surface area contributed by atoms with Gasteiger partial charge < -0.3 is 10.6 Å². The third kappa shape index (κ3) is 2.07. The highest BCUT2D eigenvalue weighted by Crippen LogP contribution is 2.34. The van der Waals surface area contributed by atoms with Gasteiger partial charge in [-0.15, -0.1) is 0 Å². The third-order valence-corrected chi connectivity index (χ3v) is 3.75. The van der Waals surface area contributed by atoms with Crippen LogP contribution in [0.5, 0.6) is 0 Å². The second-order valence-electron chi connectivity index (χ2n) is 4.65. The van der Waals surface area contributed by atoms with Crippen molar-refractivity contribution in [1.29, 1.82) is 0 Å². The lowest BCUT2D eigenvalue weighted by Gasteiger charge is -2.34. The summed E-state index contributed by atoms with van der Waals surface area (Å²) >= 11 is 5.29. The molecule has 1 unspecified atom stereocenters. The number of hydrogen-bond acceptors (Lipinski definition) is 1. The lowest BCUT2D eigenvalue weighted by molar-refractivity contribution is 0.561. The Morgan fingerprint density at radius 2 is 1.82 bits per heavy atom. The van der Waals surface area contributed by atoms with E-state index in [0.717, 1.165) is 11.5 Å². The minimum absolute atomic E-state index is 0.278. The van der Waals surface area contributed by atoms with Crippen molar-refractivity contribution in [2.75, 3.05) is 0 Å². The van der Waals surface area contributed by atoms with Crippen LogP contribution in [0.2, 0.25) is 0 Å². The van der Waals surface area contributed by atoms with E-state index in [1.165, 1.54) is 36.1 Å². The van der Waals surface area contributed by atoms with Crippen molar-refractivity contribution in [2.45, 2.75) is 31.7 Å². The van der Waals surface area contributed by atoms with Gasteiger partial charge in [0.1, 0.15) is 0 Å². The maximum absolute atomic E-state index is 5.29. The number of rotatable bonds is 1. The average molecular weight is 244 g/mol. The highest BCUT2D eigenvalue weighted by atomic mass is 32.1. The predicted octanol–water partition coefficient (Wildman–Crippen LogP) is 3.03. The standard InChI is InChI=1S/C14H16N2S/c17-14-15-12-9-5-4-8-11(12)13(16-14)10-6-2-1-3-7-10/h1-3,6-7,13H,4-5,8-9H2,(H2,15,16,17). The van der Waals surface area contributed by atoms with Crippen LogP contribution >= 0.6 is 12.2 Å². The first-order valence-corrected chi connectivity index (χ1v) is 6.60. The molecule has 0 spiro atoms. The van der Waals surface area contributed by atoms with Crippen LogP contribution < -0.4 is 10.6 Å². The second-order valence-corrected chi connectivity index (χ2v) is 5.06. The Morgan fingerprint density at radius 1 is 1.06 bits per heavy atom. The molecule has 0 fully saturated rings. The Hall–Kier alpha value is -1.35. The van der Waals surface area contributed by atoms with Crippen molar-refractivity contribution < 1.29 is 0 Å². The van der Waals surface area contributed by atoms with Crippen LogP contribution in [0.3, 0.4) is 0 Å². The Labute approximate surface area is 107 Å². The van der Waals surface area contributed by atoms with Crippen LogP contribution in [0.1, 0.15) is 37.3 Å². The van der Waals surface area contributed by atoms with Crippen LogP contribution in [0.15, 0.2) is 41.6 Å². The molecule has 1 atom stereocenters. The Bertz CT molecular complexity index is 464. The van der Waals surface area contributed by atoms with Crippen LogP contribution in [-0.4, -0.2) is 5.11 Å². The van der Waals surface area contributed by atoms with E-state index in [2.05, 4.69) is 41.0 Å². The second kappa shape index (κ2) is 4.49. The monoisotopic (exact) mass is 244 g/mol. The van der Waals surface area contributed by atoms with Gasteiger partial charge in [-0.05, 0) is 49.0 Å². The van der Waals surface area contributed by atoms with Gasteiger partial charge in [-0.1, -0.05) is 30.3 Å². The lowest BCUT2D eigenvalue weighted by Crippen LogP contribution is -2.44. The molecule has 0 saturated carbocycles. The molecule has 0 amide bonds. The van der Waals surface area contributed by atoms with Gasteiger partial charge in [0.2, 0.25) is 0 Å². The van der Waals surface area contributed by atoms with Crippen LogP contribution in [0, 0.1) is 0 Å². The summed E-state index contributed by atoms with van der Waals surface area (Å²) in [4.78, 5) is 0. The van der Waals surface area contributed by atoms with Gasteiger partial charge in [-0.3, -0.25) is 0 Å². The number of nitrogens with one attached hydrogen (secondary N) is 2. The summed E-state index contributed by atoms with van der Waals surface area (Å²) in [6.45, 7) is 0. The first-order valence-electron chi connectivity index (χ1n) is 6.19. The van der Waals surface area contributed by atoms with Crippen LogP contribution in [0.4, 0.5) is 0 Å². The molecule has 3 rings (SSSR count). The largest absolute Gasteiger partial charge is 0.352 e. The normalized spacial score (nSPS) is 23.8. The van der Waals surface area contributed by atoms with Gasteiger partial charge in [0.15, 0.2) is 5.11 Å². The zero-order chi connectivity index (χ0) is 11.7. The van der Waals surface area contributed by atoms with Gasteiger partial charge in [0, 0.05) is 5.70 Å².